The lowest BCUT2D eigenvalue weighted by Crippen LogP contribution is -2.42. The van der Waals surface area contributed by atoms with E-state index in [1.165, 1.54) is 0 Å². The summed E-state index contributed by atoms with van der Waals surface area (Å²) in [7, 11) is 0. The summed E-state index contributed by atoms with van der Waals surface area (Å²) in [5, 5.41) is 2.76. The Hall–Kier alpha value is -0.910. The standard InChI is InChI=1S/C13H20N2O2S.ClH/c1-18-10-7-12(14)13(16)15-8-9-17-11-5-3-2-4-6-11;/h2-6,12H,7-10,14H2,1H3,(H,15,16);1H/t12-;/m0./s1. The Morgan fingerprint density at radius 1 is 1.42 bits per heavy atom. The average Bonchev–Trinajstić information content (AvgIpc) is 2.41. The van der Waals surface area contributed by atoms with Crippen molar-refractivity contribution in [3.63, 3.8) is 0 Å². The summed E-state index contributed by atoms with van der Waals surface area (Å²) in [6.45, 7) is 0.922. The fraction of sp³-hybridized carbons (Fsp3) is 0.462. The molecule has 0 aliphatic rings. The molecule has 0 saturated heterocycles. The molecule has 1 aromatic carbocycles. The largest absolute Gasteiger partial charge is 0.492 e. The second-order valence-corrected chi connectivity index (χ2v) is 4.83. The number of hydrogen-bond donors (Lipinski definition) is 2. The van der Waals surface area contributed by atoms with Crippen LogP contribution >= 0.6 is 24.2 Å². The van der Waals surface area contributed by atoms with Gasteiger partial charge in [-0.2, -0.15) is 11.8 Å². The molecule has 0 aliphatic carbocycles. The summed E-state index contributed by atoms with van der Waals surface area (Å²) < 4.78 is 5.46. The molecule has 0 aromatic heterocycles. The van der Waals surface area contributed by atoms with Crippen molar-refractivity contribution >= 4 is 30.1 Å². The van der Waals surface area contributed by atoms with Crippen LogP contribution in [0.5, 0.6) is 5.75 Å². The number of nitrogens with one attached hydrogen (secondary N) is 1. The summed E-state index contributed by atoms with van der Waals surface area (Å²) >= 11 is 1.69. The number of carbonyl (C=O) groups excluding carboxylic acids is 1. The maximum absolute atomic E-state index is 11.6. The second-order valence-electron chi connectivity index (χ2n) is 3.84. The molecule has 1 rings (SSSR count). The maximum Gasteiger partial charge on any atom is 0.237 e. The van der Waals surface area contributed by atoms with E-state index in [4.69, 9.17) is 10.5 Å². The maximum atomic E-state index is 11.6. The Balaban J connectivity index is 0.00000324. The predicted octanol–water partition coefficient (Wildman–Crippen LogP) is 1.68. The van der Waals surface area contributed by atoms with Gasteiger partial charge in [-0.15, -0.1) is 12.4 Å². The van der Waals surface area contributed by atoms with Crippen LogP contribution in [0.1, 0.15) is 6.42 Å². The lowest BCUT2D eigenvalue weighted by Gasteiger charge is -2.12. The molecule has 0 unspecified atom stereocenters. The number of amides is 1. The van der Waals surface area contributed by atoms with Crippen LogP contribution in [0, 0.1) is 0 Å². The van der Waals surface area contributed by atoms with Crippen molar-refractivity contribution < 1.29 is 9.53 Å². The minimum Gasteiger partial charge on any atom is -0.492 e. The van der Waals surface area contributed by atoms with Crippen molar-refractivity contribution in [3.05, 3.63) is 30.3 Å². The van der Waals surface area contributed by atoms with Crippen LogP contribution in [0.3, 0.4) is 0 Å². The third-order valence-electron chi connectivity index (χ3n) is 2.38. The molecule has 4 nitrogen and oxygen atoms in total. The Kier molecular flexibility index (Phi) is 10.4. The molecule has 6 heteroatoms. The van der Waals surface area contributed by atoms with Gasteiger partial charge in [0.2, 0.25) is 5.91 Å². The number of nitrogens with two attached hydrogens (primary N) is 1. The first kappa shape index (κ1) is 18.1. The smallest absolute Gasteiger partial charge is 0.237 e. The van der Waals surface area contributed by atoms with Crippen molar-refractivity contribution in [2.45, 2.75) is 12.5 Å². The number of rotatable bonds is 8. The third kappa shape index (κ3) is 7.97. The van der Waals surface area contributed by atoms with E-state index in [0.717, 1.165) is 11.5 Å². The summed E-state index contributed by atoms with van der Waals surface area (Å²) in [6, 6.07) is 9.09. The Bertz CT molecular complexity index is 352. The highest BCUT2D eigenvalue weighted by molar-refractivity contribution is 7.98. The van der Waals surface area contributed by atoms with Crippen molar-refractivity contribution in [2.75, 3.05) is 25.2 Å². The molecule has 0 spiro atoms. The molecule has 0 saturated carbocycles. The SMILES string of the molecule is CSCC[C@H](N)C(=O)NCCOc1ccccc1.Cl. The molecule has 1 atom stereocenters. The summed E-state index contributed by atoms with van der Waals surface area (Å²) in [4.78, 5) is 11.6. The molecule has 19 heavy (non-hydrogen) atoms. The number of thioether (sulfide) groups is 1. The van der Waals surface area contributed by atoms with E-state index in [0.29, 0.717) is 19.6 Å². The van der Waals surface area contributed by atoms with E-state index in [1.807, 2.05) is 36.6 Å². The number of carbonyl (C=O) groups is 1. The minimum atomic E-state index is -0.422. The molecular weight excluding hydrogens is 284 g/mol. The van der Waals surface area contributed by atoms with Crippen LogP contribution in [0.2, 0.25) is 0 Å². The van der Waals surface area contributed by atoms with Crippen molar-refractivity contribution in [2.24, 2.45) is 5.73 Å². The topological polar surface area (TPSA) is 64.4 Å². The van der Waals surface area contributed by atoms with E-state index in [2.05, 4.69) is 5.32 Å². The Labute approximate surface area is 124 Å². The zero-order valence-corrected chi connectivity index (χ0v) is 12.6. The van der Waals surface area contributed by atoms with Gasteiger partial charge in [-0.25, -0.2) is 0 Å². The monoisotopic (exact) mass is 304 g/mol. The van der Waals surface area contributed by atoms with Crippen LogP contribution in [0.25, 0.3) is 0 Å². The van der Waals surface area contributed by atoms with E-state index < -0.39 is 6.04 Å². The molecule has 0 fully saturated rings. The molecule has 108 valence electrons. The van der Waals surface area contributed by atoms with Gasteiger partial charge in [-0.05, 0) is 30.6 Å². The number of hydrogen-bond acceptors (Lipinski definition) is 4. The molecule has 0 heterocycles. The first-order valence-electron chi connectivity index (χ1n) is 5.94. The van der Waals surface area contributed by atoms with Crippen molar-refractivity contribution in [1.82, 2.24) is 5.32 Å². The highest BCUT2D eigenvalue weighted by Gasteiger charge is 2.11. The summed E-state index contributed by atoms with van der Waals surface area (Å²) in [5.74, 6) is 1.59. The van der Waals surface area contributed by atoms with Crippen LogP contribution in [0.4, 0.5) is 0 Å². The summed E-state index contributed by atoms with van der Waals surface area (Å²) in [5.41, 5.74) is 5.73. The highest BCUT2D eigenvalue weighted by atomic mass is 35.5. The van der Waals surface area contributed by atoms with Crippen LogP contribution in [-0.2, 0) is 4.79 Å². The molecule has 1 aromatic rings. The van der Waals surface area contributed by atoms with Crippen LogP contribution in [0.15, 0.2) is 30.3 Å². The van der Waals surface area contributed by atoms with Gasteiger partial charge in [-0.1, -0.05) is 18.2 Å². The normalized spacial score (nSPS) is 11.3. The van der Waals surface area contributed by atoms with E-state index in [9.17, 15) is 4.79 Å². The predicted molar refractivity (Wildman–Crippen MR) is 83.2 cm³/mol. The van der Waals surface area contributed by atoms with Gasteiger partial charge < -0.3 is 15.8 Å². The quantitative estimate of drug-likeness (QED) is 0.717. The van der Waals surface area contributed by atoms with Crippen LogP contribution < -0.4 is 15.8 Å². The van der Waals surface area contributed by atoms with Gasteiger partial charge in [0.15, 0.2) is 0 Å². The zero-order chi connectivity index (χ0) is 13.2. The van der Waals surface area contributed by atoms with Crippen molar-refractivity contribution in [3.8, 4) is 5.75 Å². The Morgan fingerprint density at radius 2 is 2.11 bits per heavy atom. The van der Waals surface area contributed by atoms with Gasteiger partial charge in [0.1, 0.15) is 12.4 Å². The lowest BCUT2D eigenvalue weighted by atomic mass is 10.2. The number of benzene rings is 1. The molecule has 0 bridgehead atoms. The molecule has 0 aliphatic heterocycles. The van der Waals surface area contributed by atoms with Gasteiger partial charge in [0.05, 0.1) is 12.6 Å². The van der Waals surface area contributed by atoms with E-state index >= 15 is 0 Å². The average molecular weight is 305 g/mol. The highest BCUT2D eigenvalue weighted by Crippen LogP contribution is 2.07. The van der Waals surface area contributed by atoms with Gasteiger partial charge >= 0.3 is 0 Å². The first-order chi connectivity index (χ1) is 8.74. The van der Waals surface area contributed by atoms with Crippen LogP contribution in [-0.4, -0.2) is 37.1 Å². The lowest BCUT2D eigenvalue weighted by molar-refractivity contribution is -0.122. The third-order valence-corrected chi connectivity index (χ3v) is 3.03. The van der Waals surface area contributed by atoms with E-state index in [-0.39, 0.29) is 18.3 Å². The molecular formula is C13H21ClN2O2S. The number of para-hydroxylation sites is 1. The number of halogens is 1. The van der Waals surface area contributed by atoms with Gasteiger partial charge in [-0.3, -0.25) is 4.79 Å². The Morgan fingerprint density at radius 3 is 2.74 bits per heavy atom. The van der Waals surface area contributed by atoms with Crippen molar-refractivity contribution in [1.29, 1.82) is 0 Å². The fourth-order valence-electron chi connectivity index (χ4n) is 1.37. The van der Waals surface area contributed by atoms with Gasteiger partial charge in [0, 0.05) is 0 Å². The zero-order valence-electron chi connectivity index (χ0n) is 11.0. The second kappa shape index (κ2) is 11.0. The molecule has 0 radical (unpaired) electrons. The molecule has 1 amide bonds. The fourth-order valence-corrected chi connectivity index (χ4v) is 1.86. The summed E-state index contributed by atoms with van der Waals surface area (Å²) in [6.07, 6.45) is 2.70. The van der Waals surface area contributed by atoms with E-state index in [1.54, 1.807) is 11.8 Å². The van der Waals surface area contributed by atoms with Gasteiger partial charge in [0.25, 0.3) is 0 Å². The molecule has 3 N–H and O–H groups in total. The number of ether oxygens (including phenoxy) is 1. The first-order valence-corrected chi connectivity index (χ1v) is 7.33. The minimum absolute atomic E-state index is 0.